The van der Waals surface area contributed by atoms with Gasteiger partial charge < -0.3 is 14.9 Å². The second-order valence-electron chi connectivity index (χ2n) is 5.31. The molecule has 1 unspecified atom stereocenters. The van der Waals surface area contributed by atoms with Gasteiger partial charge in [-0.1, -0.05) is 25.1 Å². The maximum absolute atomic E-state index is 6.02. The molecule has 2 heterocycles. The predicted octanol–water partition coefficient (Wildman–Crippen LogP) is 2.50. The number of fused-ring (bicyclic) bond motifs is 1. The molecule has 4 heteroatoms. The van der Waals surface area contributed by atoms with Gasteiger partial charge in [0.25, 0.3) is 0 Å². The molecule has 1 fully saturated rings. The van der Waals surface area contributed by atoms with Crippen LogP contribution in [0.5, 0.6) is 0 Å². The highest BCUT2D eigenvalue weighted by Gasteiger charge is 2.24. The molecule has 1 aromatic heterocycles. The van der Waals surface area contributed by atoms with Crippen LogP contribution in [0.2, 0.25) is 0 Å². The van der Waals surface area contributed by atoms with E-state index in [0.717, 1.165) is 55.0 Å². The lowest BCUT2D eigenvalue weighted by Gasteiger charge is -2.34. The molecule has 3 rings (SSSR count). The van der Waals surface area contributed by atoms with Gasteiger partial charge in [0.15, 0.2) is 0 Å². The lowest BCUT2D eigenvalue weighted by Crippen LogP contribution is -2.44. The van der Waals surface area contributed by atoms with Gasteiger partial charge in [-0.3, -0.25) is 4.90 Å². The Morgan fingerprint density at radius 2 is 2.20 bits per heavy atom. The van der Waals surface area contributed by atoms with Gasteiger partial charge in [0, 0.05) is 30.1 Å². The molecule has 1 aliphatic rings. The second kappa shape index (κ2) is 5.95. The molecule has 20 heavy (non-hydrogen) atoms. The van der Waals surface area contributed by atoms with Gasteiger partial charge in [-0.2, -0.15) is 0 Å². The van der Waals surface area contributed by atoms with E-state index in [4.69, 9.17) is 14.9 Å². The summed E-state index contributed by atoms with van der Waals surface area (Å²) in [7, 11) is 0. The number of hydrogen-bond donors (Lipinski definition) is 1. The van der Waals surface area contributed by atoms with Crippen LogP contribution in [0, 0.1) is 0 Å². The van der Waals surface area contributed by atoms with Crippen molar-refractivity contribution in [1.82, 2.24) is 4.90 Å². The Labute approximate surface area is 119 Å². The number of morpholine rings is 1. The van der Waals surface area contributed by atoms with Crippen molar-refractivity contribution < 1.29 is 9.15 Å². The summed E-state index contributed by atoms with van der Waals surface area (Å²) in [4.78, 5) is 2.44. The highest BCUT2D eigenvalue weighted by Crippen LogP contribution is 2.27. The summed E-state index contributed by atoms with van der Waals surface area (Å²) >= 11 is 0. The molecule has 0 amide bonds. The van der Waals surface area contributed by atoms with Gasteiger partial charge in [0.05, 0.1) is 19.8 Å². The monoisotopic (exact) mass is 274 g/mol. The van der Waals surface area contributed by atoms with Crippen LogP contribution in [0.4, 0.5) is 0 Å². The minimum absolute atomic E-state index is 0.475. The minimum atomic E-state index is 0.475. The fourth-order valence-corrected chi connectivity index (χ4v) is 2.96. The number of furan rings is 1. The van der Waals surface area contributed by atoms with Gasteiger partial charge in [0.1, 0.15) is 11.3 Å². The molecular weight excluding hydrogens is 252 g/mol. The fourth-order valence-electron chi connectivity index (χ4n) is 2.96. The second-order valence-corrected chi connectivity index (χ2v) is 5.31. The lowest BCUT2D eigenvalue weighted by atomic mass is 10.1. The highest BCUT2D eigenvalue weighted by molar-refractivity contribution is 5.82. The fraction of sp³-hybridized carbons (Fsp3) is 0.500. The van der Waals surface area contributed by atoms with Crippen molar-refractivity contribution in [3.8, 4) is 0 Å². The summed E-state index contributed by atoms with van der Waals surface area (Å²) < 4.78 is 11.6. The molecule has 2 N–H and O–H groups in total. The number of nitrogens with two attached hydrogens (primary N) is 1. The Bertz CT molecular complexity index is 579. The van der Waals surface area contributed by atoms with Gasteiger partial charge in [-0.05, 0) is 12.5 Å². The van der Waals surface area contributed by atoms with Crippen molar-refractivity contribution in [2.75, 3.05) is 19.8 Å². The van der Waals surface area contributed by atoms with E-state index in [1.807, 2.05) is 18.2 Å². The summed E-state index contributed by atoms with van der Waals surface area (Å²) in [6.07, 6.45) is 1.10. The lowest BCUT2D eigenvalue weighted by molar-refractivity contribution is -0.0153. The molecule has 0 aliphatic carbocycles. The summed E-state index contributed by atoms with van der Waals surface area (Å²) in [5.74, 6) is 1.01. The van der Waals surface area contributed by atoms with Crippen molar-refractivity contribution in [3.05, 3.63) is 35.6 Å². The van der Waals surface area contributed by atoms with Gasteiger partial charge in [0.2, 0.25) is 0 Å². The van der Waals surface area contributed by atoms with Crippen molar-refractivity contribution in [3.63, 3.8) is 0 Å². The maximum Gasteiger partial charge on any atom is 0.134 e. The molecular formula is C16H22N2O2. The molecule has 0 bridgehead atoms. The molecule has 108 valence electrons. The molecule has 1 saturated heterocycles. The molecule has 1 atom stereocenters. The van der Waals surface area contributed by atoms with Gasteiger partial charge in [-0.15, -0.1) is 0 Å². The van der Waals surface area contributed by atoms with E-state index in [1.54, 1.807) is 0 Å². The van der Waals surface area contributed by atoms with E-state index in [1.165, 1.54) is 0 Å². The first kappa shape index (κ1) is 13.6. The van der Waals surface area contributed by atoms with Crippen LogP contribution in [0.3, 0.4) is 0 Å². The highest BCUT2D eigenvalue weighted by atomic mass is 16.5. The zero-order chi connectivity index (χ0) is 13.9. The van der Waals surface area contributed by atoms with Gasteiger partial charge >= 0.3 is 0 Å². The van der Waals surface area contributed by atoms with Crippen molar-refractivity contribution in [2.45, 2.75) is 32.5 Å². The van der Waals surface area contributed by atoms with E-state index in [2.05, 4.69) is 17.9 Å². The Morgan fingerprint density at radius 3 is 3.00 bits per heavy atom. The van der Waals surface area contributed by atoms with Crippen LogP contribution in [0.25, 0.3) is 11.0 Å². The van der Waals surface area contributed by atoms with E-state index in [0.29, 0.717) is 12.6 Å². The largest absolute Gasteiger partial charge is 0.459 e. The molecule has 2 aromatic rings. The number of benzene rings is 1. The Hall–Kier alpha value is -1.36. The molecule has 0 spiro atoms. The minimum Gasteiger partial charge on any atom is -0.459 e. The summed E-state index contributed by atoms with van der Waals surface area (Å²) in [6.45, 7) is 6.12. The third kappa shape index (κ3) is 2.46. The van der Waals surface area contributed by atoms with Crippen LogP contribution >= 0.6 is 0 Å². The third-order valence-corrected chi connectivity index (χ3v) is 4.15. The van der Waals surface area contributed by atoms with Crippen LogP contribution < -0.4 is 5.73 Å². The van der Waals surface area contributed by atoms with Crippen LogP contribution in [-0.4, -0.2) is 30.7 Å². The van der Waals surface area contributed by atoms with Crippen molar-refractivity contribution in [1.29, 1.82) is 0 Å². The predicted molar refractivity (Wildman–Crippen MR) is 79.4 cm³/mol. The first-order valence-corrected chi connectivity index (χ1v) is 7.34. The number of rotatable bonds is 4. The van der Waals surface area contributed by atoms with Crippen LogP contribution in [0.1, 0.15) is 24.7 Å². The number of ether oxygens (including phenoxy) is 1. The Balaban J connectivity index is 1.89. The SMILES string of the molecule is CCC1COCCN1Cc1oc2ccccc2c1CN. The summed E-state index contributed by atoms with van der Waals surface area (Å²) in [5.41, 5.74) is 8.01. The standard InChI is InChI=1S/C16H22N2O2/c1-2-12-11-19-8-7-18(12)10-16-14(9-17)13-5-3-4-6-15(13)20-16/h3-6,12H,2,7-11,17H2,1H3. The van der Waals surface area contributed by atoms with Crippen LogP contribution in [0.15, 0.2) is 28.7 Å². The number of nitrogens with zero attached hydrogens (tertiary/aromatic N) is 1. The average molecular weight is 274 g/mol. The maximum atomic E-state index is 6.02. The summed E-state index contributed by atoms with van der Waals surface area (Å²) in [5, 5.41) is 1.14. The molecule has 0 saturated carbocycles. The number of para-hydroxylation sites is 1. The van der Waals surface area contributed by atoms with Crippen LogP contribution in [-0.2, 0) is 17.8 Å². The molecule has 0 radical (unpaired) electrons. The smallest absolute Gasteiger partial charge is 0.134 e. The zero-order valence-electron chi connectivity index (χ0n) is 12.0. The first-order valence-electron chi connectivity index (χ1n) is 7.34. The quantitative estimate of drug-likeness (QED) is 0.930. The van der Waals surface area contributed by atoms with Crippen molar-refractivity contribution in [2.24, 2.45) is 5.73 Å². The molecule has 1 aliphatic heterocycles. The van der Waals surface area contributed by atoms with E-state index >= 15 is 0 Å². The first-order chi connectivity index (χ1) is 9.83. The number of hydrogen-bond acceptors (Lipinski definition) is 4. The van der Waals surface area contributed by atoms with Crippen molar-refractivity contribution >= 4 is 11.0 Å². The Morgan fingerprint density at radius 1 is 1.35 bits per heavy atom. The van der Waals surface area contributed by atoms with E-state index in [-0.39, 0.29) is 0 Å². The average Bonchev–Trinajstić information content (AvgIpc) is 2.85. The molecule has 4 nitrogen and oxygen atoms in total. The van der Waals surface area contributed by atoms with E-state index < -0.39 is 0 Å². The van der Waals surface area contributed by atoms with E-state index in [9.17, 15) is 0 Å². The Kier molecular flexibility index (Phi) is 4.05. The normalized spacial score (nSPS) is 20.6. The third-order valence-electron chi connectivity index (χ3n) is 4.15. The topological polar surface area (TPSA) is 51.6 Å². The summed E-state index contributed by atoms with van der Waals surface area (Å²) in [6, 6.07) is 8.60. The van der Waals surface area contributed by atoms with Gasteiger partial charge in [-0.25, -0.2) is 0 Å². The molecule has 1 aromatic carbocycles. The zero-order valence-corrected chi connectivity index (χ0v) is 12.0.